The molecule has 2 heterocycles. The Morgan fingerprint density at radius 1 is 1.12 bits per heavy atom. The molecule has 0 aliphatic carbocycles. The highest BCUT2D eigenvalue weighted by atomic mass is 35.5. The first-order chi connectivity index (χ1) is 20.7. The molecule has 222 valence electrons. The van der Waals surface area contributed by atoms with Crippen LogP contribution in [0.25, 0.3) is 6.08 Å². The minimum absolute atomic E-state index is 0.00880. The van der Waals surface area contributed by atoms with Gasteiger partial charge in [0.1, 0.15) is 30.0 Å². The van der Waals surface area contributed by atoms with Crippen LogP contribution in [0, 0.1) is 5.82 Å². The Bertz CT molecular complexity index is 1900. The number of para-hydroxylation sites is 1. The van der Waals surface area contributed by atoms with E-state index in [1.807, 2.05) is 38.1 Å². The van der Waals surface area contributed by atoms with Gasteiger partial charge in [0.15, 0.2) is 4.80 Å². The number of allylic oxidation sites excluding steroid dienone is 1. The zero-order valence-electron chi connectivity index (χ0n) is 24.1. The predicted octanol–water partition coefficient (Wildman–Crippen LogP) is 5.96. The number of hydrogen-bond acceptors (Lipinski definition) is 7. The normalized spacial score (nSPS) is 14.9. The highest BCUT2D eigenvalue weighted by molar-refractivity contribution is 7.07. The van der Waals surface area contributed by atoms with Crippen molar-refractivity contribution in [2.45, 2.75) is 46.4 Å². The van der Waals surface area contributed by atoms with Gasteiger partial charge < -0.3 is 14.2 Å². The molecule has 0 saturated heterocycles. The fourth-order valence-corrected chi connectivity index (χ4v) is 6.05. The number of carbonyl (C=O) groups excluding carboxylic acids is 1. The van der Waals surface area contributed by atoms with Crippen molar-refractivity contribution in [3.63, 3.8) is 0 Å². The highest BCUT2D eigenvalue weighted by Crippen LogP contribution is 2.36. The third-order valence-corrected chi connectivity index (χ3v) is 7.91. The number of aromatic nitrogens is 1. The van der Waals surface area contributed by atoms with Gasteiger partial charge in [0.25, 0.3) is 5.56 Å². The Labute approximate surface area is 257 Å². The van der Waals surface area contributed by atoms with Crippen LogP contribution < -0.4 is 24.4 Å². The summed E-state index contributed by atoms with van der Waals surface area (Å²) in [4.78, 5) is 32.5. The molecule has 7 nitrogen and oxygen atoms in total. The minimum atomic E-state index is -0.830. The summed E-state index contributed by atoms with van der Waals surface area (Å²) in [6, 6.07) is 17.9. The SMILES string of the molecule is CCOC(=O)C1=C(C)N=c2s/c(=C\c3cc(Cl)ccc3OCc3ccccc3F)c(=O)n2[C@@H]1c1ccccc1OC(C)C. The van der Waals surface area contributed by atoms with E-state index in [1.165, 1.54) is 22.0 Å². The molecule has 1 aliphatic heterocycles. The maximum absolute atomic E-state index is 14.2. The van der Waals surface area contributed by atoms with E-state index in [2.05, 4.69) is 4.99 Å². The van der Waals surface area contributed by atoms with E-state index in [0.29, 0.717) is 48.2 Å². The predicted molar refractivity (Wildman–Crippen MR) is 165 cm³/mol. The second kappa shape index (κ2) is 13.0. The number of hydrogen-bond donors (Lipinski definition) is 0. The van der Waals surface area contributed by atoms with Crippen LogP contribution in [0.15, 0.2) is 87.8 Å². The summed E-state index contributed by atoms with van der Waals surface area (Å²) in [6.07, 6.45) is 1.53. The summed E-state index contributed by atoms with van der Waals surface area (Å²) < 4.78 is 33.5. The number of benzene rings is 3. The van der Waals surface area contributed by atoms with Crippen molar-refractivity contribution in [2.24, 2.45) is 4.99 Å². The van der Waals surface area contributed by atoms with Crippen LogP contribution in [0.4, 0.5) is 4.39 Å². The van der Waals surface area contributed by atoms with Gasteiger partial charge in [-0.2, -0.15) is 0 Å². The van der Waals surface area contributed by atoms with Crippen LogP contribution in [0.2, 0.25) is 5.02 Å². The first-order valence-corrected chi connectivity index (χ1v) is 15.0. The van der Waals surface area contributed by atoms with Crippen molar-refractivity contribution in [3.05, 3.63) is 125 Å². The average Bonchev–Trinajstić information content (AvgIpc) is 3.26. The van der Waals surface area contributed by atoms with Gasteiger partial charge in [0.2, 0.25) is 0 Å². The molecule has 0 N–H and O–H groups in total. The molecule has 1 aliphatic rings. The lowest BCUT2D eigenvalue weighted by Crippen LogP contribution is -2.40. The zero-order valence-corrected chi connectivity index (χ0v) is 25.7. The highest BCUT2D eigenvalue weighted by Gasteiger charge is 2.35. The number of ether oxygens (including phenoxy) is 3. The van der Waals surface area contributed by atoms with E-state index in [1.54, 1.807) is 56.3 Å². The average molecular weight is 621 g/mol. The molecule has 0 amide bonds. The third kappa shape index (κ3) is 6.43. The van der Waals surface area contributed by atoms with Gasteiger partial charge in [-0.15, -0.1) is 0 Å². The van der Waals surface area contributed by atoms with Crippen molar-refractivity contribution >= 4 is 35.0 Å². The molecule has 0 radical (unpaired) electrons. The molecule has 1 atom stereocenters. The van der Waals surface area contributed by atoms with Gasteiger partial charge in [-0.3, -0.25) is 9.36 Å². The van der Waals surface area contributed by atoms with Crippen molar-refractivity contribution in [1.82, 2.24) is 4.57 Å². The van der Waals surface area contributed by atoms with E-state index in [9.17, 15) is 14.0 Å². The minimum Gasteiger partial charge on any atom is -0.491 e. The lowest BCUT2D eigenvalue weighted by Gasteiger charge is -2.26. The Hall–Kier alpha value is -4.21. The van der Waals surface area contributed by atoms with Crippen LogP contribution >= 0.6 is 22.9 Å². The first kappa shape index (κ1) is 30.3. The van der Waals surface area contributed by atoms with Gasteiger partial charge in [-0.05, 0) is 64.1 Å². The summed E-state index contributed by atoms with van der Waals surface area (Å²) in [5.74, 6) is 0.0447. The van der Waals surface area contributed by atoms with Crippen LogP contribution in [-0.2, 0) is 16.1 Å². The van der Waals surface area contributed by atoms with E-state index < -0.39 is 12.0 Å². The lowest BCUT2D eigenvalue weighted by atomic mass is 9.95. The Kier molecular flexibility index (Phi) is 9.13. The number of rotatable bonds is 9. The fraction of sp³-hybridized carbons (Fsp3) is 0.242. The van der Waals surface area contributed by atoms with E-state index in [0.717, 1.165) is 0 Å². The van der Waals surface area contributed by atoms with Crippen LogP contribution in [0.5, 0.6) is 11.5 Å². The summed E-state index contributed by atoms with van der Waals surface area (Å²) in [5.41, 5.74) is 1.92. The summed E-state index contributed by atoms with van der Waals surface area (Å²) in [6.45, 7) is 7.43. The number of carbonyl (C=O) groups is 1. The second-order valence-electron chi connectivity index (χ2n) is 10.1. The maximum Gasteiger partial charge on any atom is 0.338 e. The maximum atomic E-state index is 14.2. The number of fused-ring (bicyclic) bond motifs is 1. The summed E-state index contributed by atoms with van der Waals surface area (Å²) >= 11 is 7.50. The largest absolute Gasteiger partial charge is 0.491 e. The van der Waals surface area contributed by atoms with Gasteiger partial charge in [0, 0.05) is 21.7 Å². The molecule has 5 rings (SSSR count). The molecule has 0 unspecified atom stereocenters. The lowest BCUT2D eigenvalue weighted by molar-refractivity contribution is -0.139. The van der Waals surface area contributed by atoms with Crippen LogP contribution in [0.3, 0.4) is 0 Å². The Morgan fingerprint density at radius 2 is 1.86 bits per heavy atom. The van der Waals surface area contributed by atoms with Crippen LogP contribution in [-0.4, -0.2) is 23.2 Å². The zero-order chi connectivity index (χ0) is 30.7. The van der Waals surface area contributed by atoms with E-state index in [4.69, 9.17) is 25.8 Å². The molecule has 10 heteroatoms. The number of esters is 1. The fourth-order valence-electron chi connectivity index (χ4n) is 4.83. The van der Waals surface area contributed by atoms with Crippen molar-refractivity contribution in [3.8, 4) is 11.5 Å². The van der Waals surface area contributed by atoms with E-state index >= 15 is 0 Å². The molecule has 4 aromatic rings. The standard InChI is InChI=1S/C33H30ClFN2O5S/c1-5-40-32(39)29-20(4)36-33-37(30(29)24-11-7-9-13-27(24)42-19(2)3)31(38)28(43-33)17-22-16-23(34)14-15-26(22)41-18-21-10-6-8-12-25(21)35/h6-17,19,30H,5,18H2,1-4H3/b28-17-/t30-/m1/s1. The first-order valence-electron chi connectivity index (χ1n) is 13.8. The Morgan fingerprint density at radius 3 is 2.60 bits per heavy atom. The smallest absolute Gasteiger partial charge is 0.338 e. The molecule has 0 saturated carbocycles. The molecule has 0 fully saturated rings. The molecule has 1 aromatic heterocycles. The van der Waals surface area contributed by atoms with Gasteiger partial charge in [-0.1, -0.05) is 59.3 Å². The topological polar surface area (TPSA) is 79.1 Å². The van der Waals surface area contributed by atoms with Gasteiger partial charge >= 0.3 is 5.97 Å². The van der Waals surface area contributed by atoms with E-state index in [-0.39, 0.29) is 36.3 Å². The molecule has 43 heavy (non-hydrogen) atoms. The van der Waals surface area contributed by atoms with Crippen LogP contribution in [0.1, 0.15) is 50.4 Å². The quantitative estimate of drug-likeness (QED) is 0.216. The molecular weight excluding hydrogens is 591 g/mol. The summed E-state index contributed by atoms with van der Waals surface area (Å²) in [7, 11) is 0. The number of thiazole rings is 1. The second-order valence-corrected chi connectivity index (χ2v) is 11.5. The van der Waals surface area contributed by atoms with Crippen molar-refractivity contribution < 1.29 is 23.4 Å². The number of nitrogens with zero attached hydrogens (tertiary/aromatic N) is 2. The Balaban J connectivity index is 1.66. The number of halogens is 2. The monoisotopic (exact) mass is 620 g/mol. The van der Waals surface area contributed by atoms with Crippen molar-refractivity contribution in [2.75, 3.05) is 6.61 Å². The third-order valence-electron chi connectivity index (χ3n) is 6.69. The van der Waals surface area contributed by atoms with Crippen molar-refractivity contribution in [1.29, 1.82) is 0 Å². The molecule has 0 bridgehead atoms. The van der Waals surface area contributed by atoms with Gasteiger partial charge in [-0.25, -0.2) is 14.2 Å². The molecule has 0 spiro atoms. The molecular formula is C33H30ClFN2O5S. The molecule has 3 aromatic carbocycles. The van der Waals surface area contributed by atoms with Gasteiger partial charge in [0.05, 0.1) is 28.5 Å². The summed E-state index contributed by atoms with van der Waals surface area (Å²) in [5, 5.41) is 0.440.